The Morgan fingerprint density at radius 2 is 2.05 bits per heavy atom. The summed E-state index contributed by atoms with van der Waals surface area (Å²) in [5.74, 6) is -0.522. The second-order valence-corrected chi connectivity index (χ2v) is 5.97. The number of nitrogens with one attached hydrogen (secondary N) is 2. The molecule has 0 spiro atoms. The highest BCUT2D eigenvalue weighted by atomic mass is 16.5. The van der Waals surface area contributed by atoms with Gasteiger partial charge >= 0.3 is 5.97 Å². The van der Waals surface area contributed by atoms with E-state index in [-0.39, 0.29) is 30.4 Å². The molecule has 1 amide bonds. The van der Waals surface area contributed by atoms with Crippen molar-refractivity contribution in [1.82, 2.24) is 10.6 Å². The maximum absolute atomic E-state index is 12.3. The van der Waals surface area contributed by atoms with Gasteiger partial charge in [-0.15, -0.1) is 0 Å². The summed E-state index contributed by atoms with van der Waals surface area (Å²) in [5, 5.41) is 5.95. The SMILES string of the molecule is CC(C)[C@H](NC(=O)[C@@H]1CCCN1)C(=O)OCc1ccccc1. The number of rotatable bonds is 6. The molecule has 1 aliphatic heterocycles. The largest absolute Gasteiger partial charge is 0.459 e. The quantitative estimate of drug-likeness (QED) is 0.784. The Bertz CT molecular complexity index is 496. The van der Waals surface area contributed by atoms with E-state index in [1.165, 1.54) is 0 Å². The van der Waals surface area contributed by atoms with Gasteiger partial charge in [0.15, 0.2) is 0 Å². The third-order valence-electron chi connectivity index (χ3n) is 3.82. The molecule has 1 aliphatic rings. The molecule has 2 rings (SSSR count). The standard InChI is InChI=1S/C17H24N2O3/c1-12(2)15(19-16(20)14-9-6-10-18-14)17(21)22-11-13-7-4-3-5-8-13/h3-5,7-8,12,14-15,18H,6,9-11H2,1-2H3,(H,19,20)/t14-,15-/m0/s1. The van der Waals surface area contributed by atoms with Crippen LogP contribution in [0, 0.1) is 5.92 Å². The lowest BCUT2D eigenvalue weighted by molar-refractivity contribution is -0.150. The van der Waals surface area contributed by atoms with Crippen molar-refractivity contribution >= 4 is 11.9 Å². The molecule has 120 valence electrons. The van der Waals surface area contributed by atoms with E-state index >= 15 is 0 Å². The van der Waals surface area contributed by atoms with Crippen molar-refractivity contribution in [3.8, 4) is 0 Å². The first kappa shape index (κ1) is 16.5. The van der Waals surface area contributed by atoms with Crippen LogP contribution >= 0.6 is 0 Å². The monoisotopic (exact) mass is 304 g/mol. The van der Waals surface area contributed by atoms with Crippen LogP contribution in [0.1, 0.15) is 32.3 Å². The van der Waals surface area contributed by atoms with Crippen LogP contribution in [-0.4, -0.2) is 30.5 Å². The zero-order chi connectivity index (χ0) is 15.9. The lowest BCUT2D eigenvalue weighted by atomic mass is 10.0. The molecule has 1 saturated heterocycles. The minimum Gasteiger partial charge on any atom is -0.459 e. The van der Waals surface area contributed by atoms with Crippen LogP contribution in [0.4, 0.5) is 0 Å². The van der Waals surface area contributed by atoms with Crippen molar-refractivity contribution in [2.24, 2.45) is 5.92 Å². The molecule has 2 atom stereocenters. The molecule has 2 N–H and O–H groups in total. The summed E-state index contributed by atoms with van der Waals surface area (Å²) in [6.45, 7) is 4.87. The van der Waals surface area contributed by atoms with Crippen LogP contribution in [0.2, 0.25) is 0 Å². The summed E-state index contributed by atoms with van der Waals surface area (Å²) in [6, 6.07) is 8.71. The number of hydrogen-bond donors (Lipinski definition) is 2. The van der Waals surface area contributed by atoms with Gasteiger partial charge in [-0.25, -0.2) is 4.79 Å². The first-order chi connectivity index (χ1) is 10.6. The molecule has 1 fully saturated rings. The third kappa shape index (κ3) is 4.56. The van der Waals surface area contributed by atoms with Gasteiger partial charge in [-0.2, -0.15) is 0 Å². The highest BCUT2D eigenvalue weighted by Gasteiger charge is 2.30. The minimum atomic E-state index is -0.612. The van der Waals surface area contributed by atoms with Crippen molar-refractivity contribution in [2.45, 2.75) is 45.4 Å². The Morgan fingerprint density at radius 1 is 1.32 bits per heavy atom. The van der Waals surface area contributed by atoms with Crippen molar-refractivity contribution in [2.75, 3.05) is 6.54 Å². The van der Waals surface area contributed by atoms with Gasteiger partial charge in [0.1, 0.15) is 12.6 Å². The van der Waals surface area contributed by atoms with E-state index in [1.54, 1.807) is 0 Å². The van der Waals surface area contributed by atoms with Gasteiger partial charge in [0.25, 0.3) is 0 Å². The Morgan fingerprint density at radius 3 is 2.64 bits per heavy atom. The molecule has 1 aromatic carbocycles. The van der Waals surface area contributed by atoms with E-state index in [2.05, 4.69) is 10.6 Å². The van der Waals surface area contributed by atoms with Gasteiger partial charge in [-0.3, -0.25) is 4.79 Å². The Balaban J connectivity index is 1.89. The van der Waals surface area contributed by atoms with E-state index in [0.29, 0.717) is 0 Å². The third-order valence-corrected chi connectivity index (χ3v) is 3.82. The summed E-state index contributed by atoms with van der Waals surface area (Å²) < 4.78 is 5.34. The first-order valence-corrected chi connectivity index (χ1v) is 7.82. The number of ether oxygens (including phenoxy) is 1. The maximum Gasteiger partial charge on any atom is 0.329 e. The zero-order valence-corrected chi connectivity index (χ0v) is 13.2. The summed E-state index contributed by atoms with van der Waals surface area (Å²) in [6.07, 6.45) is 1.80. The Labute approximate surface area is 131 Å². The predicted octanol–water partition coefficient (Wildman–Crippen LogP) is 1.62. The van der Waals surface area contributed by atoms with Gasteiger partial charge in [0, 0.05) is 0 Å². The second kappa shape index (κ2) is 7.94. The average Bonchev–Trinajstić information content (AvgIpc) is 3.05. The number of carbonyl (C=O) groups is 2. The molecule has 0 saturated carbocycles. The number of benzene rings is 1. The van der Waals surface area contributed by atoms with Crippen molar-refractivity contribution in [3.05, 3.63) is 35.9 Å². The summed E-state index contributed by atoms with van der Waals surface area (Å²) in [7, 11) is 0. The van der Waals surface area contributed by atoms with Gasteiger partial charge in [-0.05, 0) is 30.9 Å². The molecule has 0 radical (unpaired) electrons. The Hall–Kier alpha value is -1.88. The smallest absolute Gasteiger partial charge is 0.329 e. The molecule has 0 aromatic heterocycles. The topological polar surface area (TPSA) is 67.4 Å². The number of hydrogen-bond acceptors (Lipinski definition) is 4. The van der Waals surface area contributed by atoms with Crippen LogP contribution in [0.3, 0.4) is 0 Å². The average molecular weight is 304 g/mol. The number of carbonyl (C=O) groups excluding carboxylic acids is 2. The van der Waals surface area contributed by atoms with Crippen LogP contribution in [0.15, 0.2) is 30.3 Å². The highest BCUT2D eigenvalue weighted by Crippen LogP contribution is 2.10. The van der Waals surface area contributed by atoms with Crippen LogP contribution < -0.4 is 10.6 Å². The first-order valence-electron chi connectivity index (χ1n) is 7.82. The fourth-order valence-corrected chi connectivity index (χ4v) is 2.48. The van der Waals surface area contributed by atoms with Crippen LogP contribution in [0.5, 0.6) is 0 Å². The van der Waals surface area contributed by atoms with Gasteiger partial charge < -0.3 is 15.4 Å². The van der Waals surface area contributed by atoms with Crippen LogP contribution in [0.25, 0.3) is 0 Å². The lowest BCUT2D eigenvalue weighted by Gasteiger charge is -2.22. The molecule has 0 unspecified atom stereocenters. The molecule has 1 aromatic rings. The molecular formula is C17H24N2O3. The predicted molar refractivity (Wildman–Crippen MR) is 84.0 cm³/mol. The van der Waals surface area contributed by atoms with Crippen LogP contribution in [-0.2, 0) is 20.9 Å². The summed E-state index contributed by atoms with van der Waals surface area (Å²) in [5.41, 5.74) is 0.933. The summed E-state index contributed by atoms with van der Waals surface area (Å²) >= 11 is 0. The maximum atomic E-state index is 12.3. The highest BCUT2D eigenvalue weighted by molar-refractivity contribution is 5.87. The van der Waals surface area contributed by atoms with E-state index in [4.69, 9.17) is 4.74 Å². The van der Waals surface area contributed by atoms with E-state index in [9.17, 15) is 9.59 Å². The lowest BCUT2D eigenvalue weighted by Crippen LogP contribution is -2.50. The number of amides is 1. The van der Waals surface area contributed by atoms with E-state index < -0.39 is 6.04 Å². The van der Waals surface area contributed by atoms with E-state index in [0.717, 1.165) is 24.9 Å². The Kier molecular flexibility index (Phi) is 5.95. The van der Waals surface area contributed by atoms with E-state index in [1.807, 2.05) is 44.2 Å². The fraction of sp³-hybridized carbons (Fsp3) is 0.529. The van der Waals surface area contributed by atoms with Gasteiger partial charge in [-0.1, -0.05) is 44.2 Å². The number of esters is 1. The second-order valence-electron chi connectivity index (χ2n) is 5.97. The van der Waals surface area contributed by atoms with Gasteiger partial charge in [0.05, 0.1) is 6.04 Å². The van der Waals surface area contributed by atoms with Gasteiger partial charge in [0.2, 0.25) is 5.91 Å². The molecule has 5 heteroatoms. The summed E-state index contributed by atoms with van der Waals surface area (Å²) in [4.78, 5) is 24.4. The molecule has 5 nitrogen and oxygen atoms in total. The molecule has 22 heavy (non-hydrogen) atoms. The molecular weight excluding hydrogens is 280 g/mol. The fourth-order valence-electron chi connectivity index (χ4n) is 2.48. The normalized spacial score (nSPS) is 19.0. The van der Waals surface area contributed by atoms with Crippen molar-refractivity contribution in [3.63, 3.8) is 0 Å². The molecule has 0 aliphatic carbocycles. The van der Waals surface area contributed by atoms with Crippen molar-refractivity contribution < 1.29 is 14.3 Å². The zero-order valence-electron chi connectivity index (χ0n) is 13.2. The molecule has 0 bridgehead atoms. The minimum absolute atomic E-state index is 0.0198. The molecule has 1 heterocycles. The van der Waals surface area contributed by atoms with Crippen molar-refractivity contribution in [1.29, 1.82) is 0 Å².